The van der Waals surface area contributed by atoms with Crippen LogP contribution in [0.15, 0.2) is 74.9 Å². The number of Topliss-reactive ketones (excluding diaryl/α,β-unsaturated/α-hetero) is 1. The van der Waals surface area contributed by atoms with Gasteiger partial charge in [0.25, 0.3) is 0 Å². The van der Waals surface area contributed by atoms with Gasteiger partial charge in [-0.3, -0.25) is 4.79 Å². The predicted molar refractivity (Wildman–Crippen MR) is 348 cm³/mol. The summed E-state index contributed by atoms with van der Waals surface area (Å²) in [6.45, 7) is 29.0. The molecule has 0 amide bonds. The van der Waals surface area contributed by atoms with Crippen LogP contribution in [-0.4, -0.2) is 43.9 Å². The van der Waals surface area contributed by atoms with Crippen molar-refractivity contribution in [2.75, 3.05) is 19.8 Å². The Morgan fingerprint density at radius 3 is 1.21 bits per heavy atom. The molecule has 0 aromatic carbocycles. The fraction of sp³-hybridized carbons (Fsp3) is 0.773. The van der Waals surface area contributed by atoms with Crippen LogP contribution in [0.3, 0.4) is 0 Å². The fourth-order valence-electron chi connectivity index (χ4n) is 17.3. The molecule has 6 aliphatic carbocycles. The molecule has 0 N–H and O–H groups in total. The first-order valence-electron chi connectivity index (χ1n) is 34.5. The molecule has 4 nitrogen and oxygen atoms in total. The Balaban J connectivity index is 0.662. The van der Waals surface area contributed by atoms with Gasteiger partial charge in [-0.1, -0.05) is 148 Å². The SMILES string of the molecule is C=CC(C=C)OCCCCCCCCCCCCOC1CCC(c2ccc(C3CCC4C(C3)C(C)(C)C3CCC(c5ccc(C6CCC(OCCCCCCCCCCCC(=O)C7CC7C(C=C)C=C)CC6)s5)CC3C4(C)C)s2)CC1. The van der Waals surface area contributed by atoms with E-state index in [4.69, 9.17) is 14.2 Å². The standard InChI is InChI=1S/C75H118O4S2/c1-9-55(10-2)63-54-64(63)69(76)32-28-24-20-16-15-19-23-27-31-51-79-62-41-35-57(36-42-62)71-46-48-73(81-71)59-38-44-66-68(53-59)75(7,8)65-43-37-58(52-67(65)74(66,5)6)72-47-45-70(80-72)56-33-39-61(40-34-56)78-50-30-26-22-18-14-13-17-21-25-29-49-77-60(11-3)12-4/h9-12,45-48,55-68H,1-4,13-44,49-54H2,5-8H3. The predicted octanol–water partition coefficient (Wildman–Crippen LogP) is 22.4. The van der Waals surface area contributed by atoms with E-state index in [1.165, 1.54) is 199 Å². The first-order chi connectivity index (χ1) is 39.4. The molecule has 2 aromatic rings. The van der Waals surface area contributed by atoms with Gasteiger partial charge in [-0.15, -0.1) is 49.0 Å². The highest BCUT2D eigenvalue weighted by molar-refractivity contribution is 7.12. The maximum absolute atomic E-state index is 12.6. The Labute approximate surface area is 505 Å². The second-order valence-electron chi connectivity index (χ2n) is 28.6. The van der Waals surface area contributed by atoms with E-state index < -0.39 is 0 Å². The number of unbranched alkanes of at least 4 members (excludes halogenated alkanes) is 17. The van der Waals surface area contributed by atoms with Crippen molar-refractivity contribution < 1.29 is 19.0 Å². The topological polar surface area (TPSA) is 44.8 Å². The van der Waals surface area contributed by atoms with Crippen LogP contribution >= 0.6 is 22.7 Å². The third kappa shape index (κ3) is 18.5. The van der Waals surface area contributed by atoms with Gasteiger partial charge in [0.05, 0.1) is 18.3 Å². The average molecular weight is 1150 g/mol. The second kappa shape index (κ2) is 33.1. The smallest absolute Gasteiger partial charge is 0.136 e. The van der Waals surface area contributed by atoms with Crippen LogP contribution < -0.4 is 0 Å². The van der Waals surface area contributed by atoms with E-state index in [-0.39, 0.29) is 12.0 Å². The number of hydrogen-bond donors (Lipinski definition) is 0. The average Bonchev–Trinajstić information content (AvgIpc) is 3.89. The molecule has 81 heavy (non-hydrogen) atoms. The molecule has 6 heteroatoms. The molecule has 6 aliphatic rings. The number of ether oxygens (including phenoxy) is 3. The van der Waals surface area contributed by atoms with Crippen molar-refractivity contribution in [1.82, 2.24) is 0 Å². The number of carbonyl (C=O) groups is 1. The summed E-state index contributed by atoms with van der Waals surface area (Å²) in [5.74, 6) is 7.83. The molecule has 8 atom stereocenters. The maximum Gasteiger partial charge on any atom is 0.136 e. The summed E-state index contributed by atoms with van der Waals surface area (Å²) in [6, 6.07) is 10.3. The molecule has 6 fully saturated rings. The summed E-state index contributed by atoms with van der Waals surface area (Å²) in [5.41, 5.74) is 0.805. The van der Waals surface area contributed by atoms with Gasteiger partial charge >= 0.3 is 0 Å². The lowest BCUT2D eigenvalue weighted by molar-refractivity contribution is -0.153. The van der Waals surface area contributed by atoms with Crippen molar-refractivity contribution >= 4 is 28.5 Å². The van der Waals surface area contributed by atoms with E-state index >= 15 is 0 Å². The zero-order valence-corrected chi connectivity index (χ0v) is 54.0. The Bertz CT molecular complexity index is 2150. The number of thiophene rings is 2. The molecule has 0 spiro atoms. The zero-order chi connectivity index (χ0) is 57.0. The van der Waals surface area contributed by atoms with Crippen molar-refractivity contribution in [3.63, 3.8) is 0 Å². The lowest BCUT2D eigenvalue weighted by atomic mass is 9.40. The van der Waals surface area contributed by atoms with E-state index in [2.05, 4.69) is 101 Å². The Morgan fingerprint density at radius 1 is 0.457 bits per heavy atom. The molecule has 454 valence electrons. The van der Waals surface area contributed by atoms with Gasteiger partial charge in [0.15, 0.2) is 0 Å². The minimum absolute atomic E-state index is 0.00220. The third-order valence-electron chi connectivity index (χ3n) is 22.7. The van der Waals surface area contributed by atoms with Crippen LogP contribution in [-0.2, 0) is 19.0 Å². The maximum atomic E-state index is 12.6. The van der Waals surface area contributed by atoms with E-state index in [9.17, 15) is 4.79 Å². The molecule has 2 aromatic heterocycles. The lowest BCUT2D eigenvalue weighted by Crippen LogP contribution is -2.58. The summed E-state index contributed by atoms with van der Waals surface area (Å²) in [4.78, 5) is 19.3. The third-order valence-corrected chi connectivity index (χ3v) is 25.5. The molecular formula is C75H118O4S2. The molecule has 8 rings (SSSR count). The number of ketones is 1. The van der Waals surface area contributed by atoms with Gasteiger partial charge in [-0.05, 0) is 216 Å². The summed E-state index contributed by atoms with van der Waals surface area (Å²) >= 11 is 4.41. The number of hydrogen-bond acceptors (Lipinski definition) is 6. The van der Waals surface area contributed by atoms with Crippen molar-refractivity contribution in [3.05, 3.63) is 94.4 Å². The van der Waals surface area contributed by atoms with Gasteiger partial charge in [0.1, 0.15) is 5.78 Å². The van der Waals surface area contributed by atoms with Crippen LogP contribution in [0.1, 0.15) is 296 Å². The molecule has 2 heterocycles. The van der Waals surface area contributed by atoms with E-state index in [1.807, 2.05) is 24.3 Å². The Kier molecular flexibility index (Phi) is 26.6. The van der Waals surface area contributed by atoms with Crippen molar-refractivity contribution in [2.24, 2.45) is 52.3 Å². The molecule has 6 saturated carbocycles. The first kappa shape index (κ1) is 64.9. The van der Waals surface area contributed by atoms with Crippen LogP contribution in [0.25, 0.3) is 0 Å². The number of carbonyl (C=O) groups excluding carboxylic acids is 1. The highest BCUT2D eigenvalue weighted by Crippen LogP contribution is 2.68. The molecule has 8 unspecified atom stereocenters. The monoisotopic (exact) mass is 1150 g/mol. The van der Waals surface area contributed by atoms with Crippen LogP contribution in [0.2, 0.25) is 0 Å². The van der Waals surface area contributed by atoms with Gasteiger partial charge in [0.2, 0.25) is 0 Å². The Morgan fingerprint density at radius 2 is 0.815 bits per heavy atom. The molecule has 0 bridgehead atoms. The van der Waals surface area contributed by atoms with Gasteiger partial charge in [-0.25, -0.2) is 0 Å². The van der Waals surface area contributed by atoms with Crippen LogP contribution in [0.5, 0.6) is 0 Å². The van der Waals surface area contributed by atoms with Crippen LogP contribution in [0, 0.1) is 52.3 Å². The molecular weight excluding hydrogens is 1030 g/mol. The number of fused-ring (bicyclic) bond motifs is 2. The zero-order valence-electron chi connectivity index (χ0n) is 52.3. The summed E-state index contributed by atoms with van der Waals surface area (Å²) in [7, 11) is 0. The normalized spacial score (nSPS) is 29.7. The minimum Gasteiger partial charge on any atom is -0.378 e. The molecule has 0 radical (unpaired) electrons. The van der Waals surface area contributed by atoms with Crippen LogP contribution in [0.4, 0.5) is 0 Å². The largest absolute Gasteiger partial charge is 0.378 e. The quantitative estimate of drug-likeness (QED) is 0.0496. The van der Waals surface area contributed by atoms with Crippen molar-refractivity contribution in [3.8, 4) is 0 Å². The highest BCUT2D eigenvalue weighted by atomic mass is 32.1. The Hall–Kier alpha value is -2.09. The molecule has 0 saturated heterocycles. The van der Waals surface area contributed by atoms with Crippen molar-refractivity contribution in [2.45, 2.75) is 294 Å². The minimum atomic E-state index is 0.00220. The first-order valence-corrected chi connectivity index (χ1v) is 36.1. The second-order valence-corrected chi connectivity index (χ2v) is 30.8. The van der Waals surface area contributed by atoms with Crippen molar-refractivity contribution in [1.29, 1.82) is 0 Å². The van der Waals surface area contributed by atoms with E-state index in [0.717, 1.165) is 92.8 Å². The number of allylic oxidation sites excluding steroid dienone is 2. The van der Waals surface area contributed by atoms with Gasteiger partial charge in [-0.2, -0.15) is 0 Å². The lowest BCUT2D eigenvalue weighted by Gasteiger charge is -2.65. The van der Waals surface area contributed by atoms with Gasteiger partial charge in [0, 0.05) is 51.7 Å². The fourth-order valence-corrected chi connectivity index (χ4v) is 20.0. The molecule has 0 aliphatic heterocycles. The number of rotatable bonds is 38. The highest BCUT2D eigenvalue weighted by Gasteiger charge is 2.60. The van der Waals surface area contributed by atoms with E-state index in [1.54, 1.807) is 19.5 Å². The summed E-state index contributed by atoms with van der Waals surface area (Å²) in [6.07, 6.45) is 53.3. The summed E-state index contributed by atoms with van der Waals surface area (Å²) in [5, 5.41) is 0. The van der Waals surface area contributed by atoms with E-state index in [0.29, 0.717) is 40.7 Å². The van der Waals surface area contributed by atoms with Gasteiger partial charge < -0.3 is 14.2 Å². The summed E-state index contributed by atoms with van der Waals surface area (Å²) < 4.78 is 18.7.